The van der Waals surface area contributed by atoms with Crippen LogP contribution in [0.4, 0.5) is 5.69 Å². The van der Waals surface area contributed by atoms with E-state index in [1.54, 1.807) is 18.2 Å². The van der Waals surface area contributed by atoms with E-state index in [1.165, 1.54) is 4.90 Å². The van der Waals surface area contributed by atoms with Crippen LogP contribution in [0.2, 0.25) is 0 Å². The third-order valence-corrected chi connectivity index (χ3v) is 7.81. The minimum Gasteiger partial charge on any atom is -0.354 e. The second kappa shape index (κ2) is 12.5. The summed E-state index contributed by atoms with van der Waals surface area (Å²) < 4.78 is 27.4. The molecule has 2 rings (SSSR count). The Morgan fingerprint density at radius 2 is 1.71 bits per heavy atom. The number of halogens is 1. The Labute approximate surface area is 218 Å². The van der Waals surface area contributed by atoms with E-state index in [2.05, 4.69) is 21.2 Å². The van der Waals surface area contributed by atoms with E-state index in [0.717, 1.165) is 31.7 Å². The Balaban J connectivity index is 2.45. The molecule has 1 atom stereocenters. The number of hydrogen-bond donors (Lipinski definition) is 1. The van der Waals surface area contributed by atoms with Crippen LogP contribution in [0, 0.1) is 19.8 Å². The van der Waals surface area contributed by atoms with E-state index in [-0.39, 0.29) is 18.4 Å². The third kappa shape index (κ3) is 8.07. The SMILES string of the molecule is CC[C@@H](C(=O)NCC(C)C)N(Cc1ccccc1C)C(=O)CN(c1ccc(Br)c(C)c1)S(C)(=O)=O. The maximum absolute atomic E-state index is 13.7. The molecule has 0 aliphatic rings. The molecular formula is C26H36BrN3O4S. The van der Waals surface area contributed by atoms with Gasteiger partial charge < -0.3 is 10.2 Å². The van der Waals surface area contributed by atoms with Crippen molar-refractivity contribution in [3.63, 3.8) is 0 Å². The zero-order valence-electron chi connectivity index (χ0n) is 21.3. The van der Waals surface area contributed by atoms with Crippen molar-refractivity contribution in [1.29, 1.82) is 0 Å². The van der Waals surface area contributed by atoms with Gasteiger partial charge in [-0.05, 0) is 61.1 Å². The molecule has 0 aromatic heterocycles. The molecule has 1 N–H and O–H groups in total. The maximum Gasteiger partial charge on any atom is 0.244 e. The standard InChI is InChI=1S/C26H36BrN3O4S/c1-7-24(26(32)28-15-18(2)3)29(16-21-11-9-8-10-19(21)4)25(31)17-30(35(6,33)34)22-12-13-23(27)20(5)14-22/h8-14,18,24H,7,15-17H2,1-6H3,(H,28,32)/t24-/m0/s1. The van der Waals surface area contributed by atoms with Gasteiger partial charge in [-0.2, -0.15) is 0 Å². The monoisotopic (exact) mass is 565 g/mol. The summed E-state index contributed by atoms with van der Waals surface area (Å²) >= 11 is 3.43. The summed E-state index contributed by atoms with van der Waals surface area (Å²) in [4.78, 5) is 28.3. The van der Waals surface area contributed by atoms with E-state index in [0.29, 0.717) is 18.7 Å². The summed E-state index contributed by atoms with van der Waals surface area (Å²) in [5.41, 5.74) is 3.14. The molecule has 0 bridgehead atoms. The molecule has 2 aromatic carbocycles. The van der Waals surface area contributed by atoms with Gasteiger partial charge >= 0.3 is 0 Å². The van der Waals surface area contributed by atoms with E-state index >= 15 is 0 Å². The Kier molecular flexibility index (Phi) is 10.3. The largest absolute Gasteiger partial charge is 0.354 e. The highest BCUT2D eigenvalue weighted by Gasteiger charge is 2.32. The van der Waals surface area contributed by atoms with Crippen molar-refractivity contribution in [2.75, 3.05) is 23.7 Å². The first kappa shape index (κ1) is 28.8. The van der Waals surface area contributed by atoms with Crippen LogP contribution >= 0.6 is 15.9 Å². The molecule has 7 nitrogen and oxygen atoms in total. The lowest BCUT2D eigenvalue weighted by Gasteiger charge is -2.33. The van der Waals surface area contributed by atoms with Crippen molar-refractivity contribution in [1.82, 2.24) is 10.2 Å². The molecule has 35 heavy (non-hydrogen) atoms. The van der Waals surface area contributed by atoms with E-state index < -0.39 is 28.5 Å². The zero-order chi connectivity index (χ0) is 26.3. The molecule has 0 saturated carbocycles. The summed E-state index contributed by atoms with van der Waals surface area (Å²) in [6, 6.07) is 12.1. The molecule has 2 amide bonds. The number of nitrogens with zero attached hydrogens (tertiary/aromatic N) is 2. The van der Waals surface area contributed by atoms with E-state index in [9.17, 15) is 18.0 Å². The Hall–Kier alpha value is -2.39. The number of nitrogens with one attached hydrogen (secondary N) is 1. The van der Waals surface area contributed by atoms with Crippen LogP contribution in [0.3, 0.4) is 0 Å². The number of hydrogen-bond acceptors (Lipinski definition) is 4. The lowest BCUT2D eigenvalue weighted by Crippen LogP contribution is -2.52. The average molecular weight is 567 g/mol. The average Bonchev–Trinajstić information content (AvgIpc) is 2.78. The minimum atomic E-state index is -3.76. The van der Waals surface area contributed by atoms with Crippen LogP contribution in [0.1, 0.15) is 43.9 Å². The fourth-order valence-corrected chi connectivity index (χ4v) is 4.80. The van der Waals surface area contributed by atoms with Crippen LogP contribution in [0.5, 0.6) is 0 Å². The van der Waals surface area contributed by atoms with Gasteiger partial charge in [0.15, 0.2) is 0 Å². The molecule has 0 unspecified atom stereocenters. The maximum atomic E-state index is 13.7. The molecule has 9 heteroatoms. The summed E-state index contributed by atoms with van der Waals surface area (Å²) in [6.45, 7) is 9.95. The quantitative estimate of drug-likeness (QED) is 0.437. The van der Waals surface area contributed by atoms with Gasteiger partial charge in [0.1, 0.15) is 12.6 Å². The topological polar surface area (TPSA) is 86.8 Å². The van der Waals surface area contributed by atoms with Crippen LogP contribution in [0.25, 0.3) is 0 Å². The second-order valence-corrected chi connectivity index (χ2v) is 12.0. The number of carbonyl (C=O) groups excluding carboxylic acids is 2. The molecule has 0 spiro atoms. The fraction of sp³-hybridized carbons (Fsp3) is 0.462. The van der Waals surface area contributed by atoms with Gasteiger partial charge in [0.05, 0.1) is 11.9 Å². The van der Waals surface area contributed by atoms with Crippen LogP contribution in [-0.2, 0) is 26.2 Å². The van der Waals surface area contributed by atoms with Crippen molar-refractivity contribution in [3.8, 4) is 0 Å². The number of rotatable bonds is 11. The predicted molar refractivity (Wildman–Crippen MR) is 145 cm³/mol. The number of anilines is 1. The molecule has 0 saturated heterocycles. The summed E-state index contributed by atoms with van der Waals surface area (Å²) in [7, 11) is -3.76. The zero-order valence-corrected chi connectivity index (χ0v) is 23.7. The molecule has 0 radical (unpaired) electrons. The highest BCUT2D eigenvalue weighted by atomic mass is 79.9. The Bertz CT molecular complexity index is 1150. The number of carbonyl (C=O) groups is 2. The number of benzene rings is 2. The summed E-state index contributed by atoms with van der Waals surface area (Å²) in [5.74, 6) is -0.419. The Morgan fingerprint density at radius 3 is 2.26 bits per heavy atom. The molecule has 2 aromatic rings. The van der Waals surface area contributed by atoms with Crippen molar-refractivity contribution in [2.45, 2.75) is 53.6 Å². The van der Waals surface area contributed by atoms with Crippen LogP contribution in [0.15, 0.2) is 46.9 Å². The van der Waals surface area contributed by atoms with Gasteiger partial charge in [0.2, 0.25) is 21.8 Å². The van der Waals surface area contributed by atoms with E-state index in [1.807, 2.05) is 58.9 Å². The van der Waals surface area contributed by atoms with Crippen LogP contribution < -0.4 is 9.62 Å². The summed E-state index contributed by atoms with van der Waals surface area (Å²) in [6.07, 6.45) is 1.48. The smallest absolute Gasteiger partial charge is 0.244 e. The highest BCUT2D eigenvalue weighted by molar-refractivity contribution is 9.10. The minimum absolute atomic E-state index is 0.204. The van der Waals surface area contributed by atoms with Crippen molar-refractivity contribution < 1.29 is 18.0 Å². The van der Waals surface area contributed by atoms with Crippen molar-refractivity contribution in [3.05, 3.63) is 63.6 Å². The predicted octanol–water partition coefficient (Wildman–Crippen LogP) is 4.41. The van der Waals surface area contributed by atoms with Gasteiger partial charge in [-0.25, -0.2) is 8.42 Å². The number of aryl methyl sites for hydroxylation is 2. The van der Waals surface area contributed by atoms with Crippen molar-refractivity contribution >= 4 is 43.5 Å². The van der Waals surface area contributed by atoms with Crippen molar-refractivity contribution in [2.24, 2.45) is 5.92 Å². The number of amides is 2. The molecule has 0 aliphatic heterocycles. The first-order chi connectivity index (χ1) is 16.3. The number of sulfonamides is 1. The Morgan fingerprint density at radius 1 is 1.06 bits per heavy atom. The fourth-order valence-electron chi connectivity index (χ4n) is 3.71. The summed E-state index contributed by atoms with van der Waals surface area (Å²) in [5, 5.41) is 2.93. The highest BCUT2D eigenvalue weighted by Crippen LogP contribution is 2.25. The lowest BCUT2D eigenvalue weighted by molar-refractivity contribution is -0.140. The van der Waals surface area contributed by atoms with Gasteiger partial charge in [0.25, 0.3) is 0 Å². The van der Waals surface area contributed by atoms with Crippen LogP contribution in [-0.4, -0.2) is 50.5 Å². The van der Waals surface area contributed by atoms with Gasteiger partial charge in [-0.3, -0.25) is 13.9 Å². The van der Waals surface area contributed by atoms with Gasteiger partial charge in [-0.1, -0.05) is 61.0 Å². The molecular weight excluding hydrogens is 530 g/mol. The molecule has 0 fully saturated rings. The first-order valence-electron chi connectivity index (χ1n) is 11.7. The molecule has 192 valence electrons. The first-order valence-corrected chi connectivity index (χ1v) is 14.3. The van der Waals surface area contributed by atoms with Gasteiger partial charge in [0, 0.05) is 17.6 Å². The third-order valence-electron chi connectivity index (χ3n) is 5.78. The normalized spacial score (nSPS) is 12.3. The van der Waals surface area contributed by atoms with E-state index in [4.69, 9.17) is 0 Å². The molecule has 0 heterocycles. The second-order valence-electron chi connectivity index (χ2n) is 9.21. The lowest BCUT2D eigenvalue weighted by atomic mass is 10.1. The van der Waals surface area contributed by atoms with Gasteiger partial charge in [-0.15, -0.1) is 0 Å². The molecule has 0 aliphatic carbocycles.